The van der Waals surface area contributed by atoms with E-state index in [-0.39, 0.29) is 16.2 Å². The van der Waals surface area contributed by atoms with Crippen molar-refractivity contribution < 1.29 is 4.74 Å². The maximum absolute atomic E-state index is 7.09. The van der Waals surface area contributed by atoms with E-state index in [0.717, 1.165) is 45.1 Å². The minimum atomic E-state index is -0.314. The van der Waals surface area contributed by atoms with Crippen molar-refractivity contribution >= 4 is 44.6 Å². The number of para-hydroxylation sites is 2. The number of benzene rings is 7. The number of pyridine rings is 1. The lowest BCUT2D eigenvalue weighted by Gasteiger charge is -2.29. The number of rotatable bonds is 8. The third-order valence-electron chi connectivity index (χ3n) is 13.1. The Bertz CT molecular complexity index is 3170. The van der Waals surface area contributed by atoms with Crippen molar-refractivity contribution in [2.45, 2.75) is 71.6 Å². The zero-order chi connectivity index (χ0) is 44.4. The Hall–Kier alpha value is -7.11. The Labute approximate surface area is 378 Å². The van der Waals surface area contributed by atoms with Crippen LogP contribution in [0, 0.1) is 0 Å². The Morgan fingerprint density at radius 1 is 0.438 bits per heavy atom. The standard InChI is InChI=1S/C59H56N4O/c1-57(2,3)43-22-17-23-46(33-43)61-39-62(54-25-16-15-24-53(54)61)47-34-45(59(7,8)42-20-13-10-14-21-42)35-49(37-47)64-48-27-28-50-51-32-41(40-18-11-9-12-19-40)26-29-52(51)63(55(50)38-48)56-36-44(30-31-60-56)58(4,5)6/h9-38H,39H2,1-8H3. The van der Waals surface area contributed by atoms with E-state index in [1.165, 1.54) is 50.1 Å². The summed E-state index contributed by atoms with van der Waals surface area (Å²) in [5.41, 5.74) is 13.8. The van der Waals surface area contributed by atoms with Crippen LogP contribution in [0.5, 0.6) is 11.5 Å². The molecular weight excluding hydrogens is 781 g/mol. The molecule has 5 heteroatoms. The minimum Gasteiger partial charge on any atom is -0.457 e. The molecule has 0 N–H and O–H groups in total. The fourth-order valence-electron chi connectivity index (χ4n) is 9.24. The highest BCUT2D eigenvalue weighted by Gasteiger charge is 2.31. The summed E-state index contributed by atoms with van der Waals surface area (Å²) < 4.78 is 9.39. The molecule has 318 valence electrons. The van der Waals surface area contributed by atoms with Gasteiger partial charge < -0.3 is 14.5 Å². The average Bonchev–Trinajstić information content (AvgIpc) is 3.85. The molecule has 1 aliphatic rings. The zero-order valence-electron chi connectivity index (χ0n) is 38.2. The fraction of sp³-hybridized carbons (Fsp3) is 0.203. The first kappa shape index (κ1) is 40.9. The van der Waals surface area contributed by atoms with E-state index in [1.54, 1.807) is 0 Å². The van der Waals surface area contributed by atoms with Crippen LogP contribution in [-0.2, 0) is 16.2 Å². The summed E-state index contributed by atoms with van der Waals surface area (Å²) >= 11 is 0. The first-order valence-electron chi connectivity index (χ1n) is 22.5. The first-order valence-corrected chi connectivity index (χ1v) is 22.5. The molecule has 0 amide bonds. The Morgan fingerprint density at radius 2 is 1.08 bits per heavy atom. The number of fused-ring (bicyclic) bond motifs is 4. The molecule has 2 aromatic heterocycles. The van der Waals surface area contributed by atoms with E-state index in [4.69, 9.17) is 9.72 Å². The van der Waals surface area contributed by atoms with E-state index in [0.29, 0.717) is 6.67 Å². The molecular formula is C59H56N4O. The van der Waals surface area contributed by atoms with Gasteiger partial charge >= 0.3 is 0 Å². The van der Waals surface area contributed by atoms with Crippen molar-refractivity contribution in [1.82, 2.24) is 9.55 Å². The summed E-state index contributed by atoms with van der Waals surface area (Å²) in [6.45, 7) is 18.9. The van der Waals surface area contributed by atoms with Crippen LogP contribution in [0.2, 0.25) is 0 Å². The molecule has 3 heterocycles. The van der Waals surface area contributed by atoms with Gasteiger partial charge in [0, 0.05) is 45.9 Å². The van der Waals surface area contributed by atoms with Crippen LogP contribution in [0.3, 0.4) is 0 Å². The predicted octanol–water partition coefficient (Wildman–Crippen LogP) is 15.8. The van der Waals surface area contributed by atoms with Gasteiger partial charge in [-0.3, -0.25) is 4.57 Å². The van der Waals surface area contributed by atoms with E-state index in [1.807, 2.05) is 6.20 Å². The van der Waals surface area contributed by atoms with Gasteiger partial charge in [-0.25, -0.2) is 4.98 Å². The molecule has 0 saturated heterocycles. The largest absolute Gasteiger partial charge is 0.457 e. The van der Waals surface area contributed by atoms with Gasteiger partial charge in [-0.1, -0.05) is 146 Å². The normalized spacial score (nSPS) is 13.2. The van der Waals surface area contributed by atoms with Gasteiger partial charge in [-0.05, 0) is 117 Å². The van der Waals surface area contributed by atoms with Gasteiger partial charge in [-0.2, -0.15) is 0 Å². The average molecular weight is 837 g/mol. The summed E-state index contributed by atoms with van der Waals surface area (Å²) in [4.78, 5) is 9.84. The van der Waals surface area contributed by atoms with E-state index < -0.39 is 0 Å². The summed E-state index contributed by atoms with van der Waals surface area (Å²) in [6, 6.07) is 63.6. The van der Waals surface area contributed by atoms with Crippen LogP contribution in [0.15, 0.2) is 182 Å². The van der Waals surface area contributed by atoms with Crippen LogP contribution in [-0.4, -0.2) is 16.2 Å². The molecule has 1 aliphatic heterocycles. The van der Waals surface area contributed by atoms with E-state index in [9.17, 15) is 0 Å². The van der Waals surface area contributed by atoms with Crippen LogP contribution in [0.4, 0.5) is 22.7 Å². The smallest absolute Gasteiger partial charge is 0.137 e. The quantitative estimate of drug-likeness (QED) is 0.153. The zero-order valence-corrected chi connectivity index (χ0v) is 38.2. The highest BCUT2D eigenvalue weighted by atomic mass is 16.5. The van der Waals surface area contributed by atoms with Crippen molar-refractivity contribution in [3.05, 3.63) is 204 Å². The SMILES string of the molecule is CC(C)(C)c1cccc(N2CN(c3cc(Oc4ccc5c6cc(-c7ccccc7)ccc6n(-c6cc(C(C)(C)C)ccn6)c5c4)cc(C(C)(C)c4ccccc4)c3)c3ccccc32)c1. The third-order valence-corrected chi connectivity index (χ3v) is 13.1. The summed E-state index contributed by atoms with van der Waals surface area (Å²) in [7, 11) is 0. The lowest BCUT2D eigenvalue weighted by Crippen LogP contribution is -2.25. The number of ether oxygens (including phenoxy) is 1. The fourth-order valence-corrected chi connectivity index (χ4v) is 9.24. The van der Waals surface area contributed by atoms with Crippen LogP contribution >= 0.6 is 0 Å². The van der Waals surface area contributed by atoms with Crippen molar-refractivity contribution in [3.63, 3.8) is 0 Å². The van der Waals surface area contributed by atoms with Gasteiger partial charge in [0.25, 0.3) is 0 Å². The molecule has 10 rings (SSSR count). The maximum Gasteiger partial charge on any atom is 0.137 e. The topological polar surface area (TPSA) is 33.5 Å². The molecule has 0 aliphatic carbocycles. The molecule has 0 fully saturated rings. The van der Waals surface area contributed by atoms with Crippen LogP contribution in [0.1, 0.15) is 77.6 Å². The van der Waals surface area contributed by atoms with Crippen LogP contribution in [0.25, 0.3) is 38.8 Å². The molecule has 5 nitrogen and oxygen atoms in total. The highest BCUT2D eigenvalue weighted by molar-refractivity contribution is 6.10. The number of anilines is 4. The maximum atomic E-state index is 7.09. The lowest BCUT2D eigenvalue weighted by atomic mass is 9.78. The molecule has 64 heavy (non-hydrogen) atoms. The van der Waals surface area contributed by atoms with E-state index >= 15 is 0 Å². The number of aromatic nitrogens is 2. The molecule has 0 atom stereocenters. The van der Waals surface area contributed by atoms with Gasteiger partial charge in [0.1, 0.15) is 24.0 Å². The molecule has 9 aromatic rings. The van der Waals surface area contributed by atoms with Crippen molar-refractivity contribution in [2.24, 2.45) is 0 Å². The second kappa shape index (κ2) is 15.6. The second-order valence-corrected chi connectivity index (χ2v) is 19.9. The van der Waals surface area contributed by atoms with Gasteiger partial charge in [-0.15, -0.1) is 0 Å². The Kier molecular flexibility index (Phi) is 9.98. The Balaban J connectivity index is 1.11. The minimum absolute atomic E-state index is 0.0357. The van der Waals surface area contributed by atoms with E-state index in [2.05, 4.69) is 246 Å². The first-order chi connectivity index (χ1) is 30.7. The third kappa shape index (κ3) is 7.49. The second-order valence-electron chi connectivity index (χ2n) is 19.9. The molecule has 7 aromatic carbocycles. The summed E-state index contributed by atoms with van der Waals surface area (Å²) in [5.74, 6) is 2.43. The number of hydrogen-bond donors (Lipinski definition) is 0. The van der Waals surface area contributed by atoms with Gasteiger partial charge in [0.2, 0.25) is 0 Å². The molecule has 0 unspecified atom stereocenters. The predicted molar refractivity (Wildman–Crippen MR) is 269 cm³/mol. The van der Waals surface area contributed by atoms with Crippen molar-refractivity contribution in [1.29, 1.82) is 0 Å². The van der Waals surface area contributed by atoms with Crippen LogP contribution < -0.4 is 14.5 Å². The van der Waals surface area contributed by atoms with Crippen molar-refractivity contribution in [2.75, 3.05) is 16.5 Å². The van der Waals surface area contributed by atoms with Gasteiger partial charge in [0.05, 0.1) is 22.4 Å². The molecule has 0 radical (unpaired) electrons. The Morgan fingerprint density at radius 3 is 1.80 bits per heavy atom. The summed E-state index contributed by atoms with van der Waals surface area (Å²) in [6.07, 6.45) is 1.94. The van der Waals surface area contributed by atoms with Gasteiger partial charge in [0.15, 0.2) is 0 Å². The molecule has 0 bridgehead atoms. The lowest BCUT2D eigenvalue weighted by molar-refractivity contribution is 0.480. The molecule has 0 saturated carbocycles. The van der Waals surface area contributed by atoms with Crippen molar-refractivity contribution in [3.8, 4) is 28.4 Å². The molecule has 0 spiro atoms. The number of hydrogen-bond acceptors (Lipinski definition) is 4. The monoisotopic (exact) mass is 836 g/mol. The highest BCUT2D eigenvalue weighted by Crippen LogP contribution is 2.47. The summed E-state index contributed by atoms with van der Waals surface area (Å²) in [5, 5.41) is 2.32. The number of nitrogens with zero attached hydrogens (tertiary/aromatic N) is 4.